The molecule has 0 aliphatic carbocycles. The van der Waals surface area contributed by atoms with Gasteiger partial charge in [0.2, 0.25) is 0 Å². The van der Waals surface area contributed by atoms with E-state index in [4.69, 9.17) is 4.74 Å². The molecule has 0 N–H and O–H groups in total. The number of carbonyl (C=O) groups excluding carboxylic acids is 1. The van der Waals surface area contributed by atoms with Crippen molar-refractivity contribution in [2.24, 2.45) is 0 Å². The first kappa shape index (κ1) is 17.9. The summed E-state index contributed by atoms with van der Waals surface area (Å²) in [5, 5.41) is 0. The molecular weight excluding hydrogens is 292 g/mol. The lowest BCUT2D eigenvalue weighted by Crippen LogP contribution is -2.14. The lowest BCUT2D eigenvalue weighted by molar-refractivity contribution is -0.142. The van der Waals surface area contributed by atoms with Gasteiger partial charge in [-0.25, -0.2) is 0 Å². The van der Waals surface area contributed by atoms with Crippen LogP contribution < -0.4 is 0 Å². The molecule has 0 spiro atoms. The van der Waals surface area contributed by atoms with Crippen molar-refractivity contribution in [2.75, 3.05) is 6.61 Å². The second-order valence-corrected chi connectivity index (χ2v) is 6.34. The molecule has 0 aliphatic rings. The van der Waals surface area contributed by atoms with E-state index in [2.05, 4.69) is 22.9 Å². The van der Waals surface area contributed by atoms with Gasteiger partial charge in [-0.05, 0) is 13.3 Å². The van der Waals surface area contributed by atoms with Gasteiger partial charge in [-0.1, -0.05) is 80.6 Å². The summed E-state index contributed by atoms with van der Waals surface area (Å²) in [5.74, 6) is -0.147. The number of esters is 1. The zero-order chi connectivity index (χ0) is 13.6. The highest BCUT2D eigenvalue weighted by Crippen LogP contribution is 2.10. The van der Waals surface area contributed by atoms with Gasteiger partial charge in [0.1, 0.15) is 4.83 Å². The fourth-order valence-corrected chi connectivity index (χ4v) is 2.01. The van der Waals surface area contributed by atoms with Gasteiger partial charge >= 0.3 is 5.97 Å². The van der Waals surface area contributed by atoms with Crippen LogP contribution >= 0.6 is 15.9 Å². The molecule has 0 radical (unpaired) electrons. The van der Waals surface area contributed by atoms with Gasteiger partial charge in [-0.3, -0.25) is 4.79 Å². The van der Waals surface area contributed by atoms with Crippen molar-refractivity contribution in [2.45, 2.75) is 82.9 Å². The first-order chi connectivity index (χ1) is 8.68. The lowest BCUT2D eigenvalue weighted by Gasteiger charge is -2.06. The summed E-state index contributed by atoms with van der Waals surface area (Å²) in [4.78, 5) is 11.0. The highest BCUT2D eigenvalue weighted by atomic mass is 79.9. The number of carbonyl (C=O) groups is 1. The monoisotopic (exact) mass is 320 g/mol. The van der Waals surface area contributed by atoms with Crippen LogP contribution in [0.4, 0.5) is 0 Å². The molecule has 0 aromatic rings. The Morgan fingerprint density at radius 3 is 1.83 bits per heavy atom. The van der Waals surface area contributed by atoms with Crippen LogP contribution in [0.15, 0.2) is 0 Å². The summed E-state index contributed by atoms with van der Waals surface area (Å²) in [6.07, 6.45) is 13.0. The number of halogens is 1. The molecule has 1 atom stereocenters. The van der Waals surface area contributed by atoms with Gasteiger partial charge in [0.15, 0.2) is 0 Å². The van der Waals surface area contributed by atoms with Gasteiger partial charge in [0, 0.05) is 0 Å². The minimum Gasteiger partial charge on any atom is -0.465 e. The van der Waals surface area contributed by atoms with Crippen molar-refractivity contribution in [3.8, 4) is 0 Å². The molecule has 0 aromatic carbocycles. The Balaban J connectivity index is 3.05. The fourth-order valence-electron chi connectivity index (χ4n) is 1.88. The molecule has 0 saturated carbocycles. The number of ether oxygens (including phenoxy) is 1. The van der Waals surface area contributed by atoms with Crippen molar-refractivity contribution in [1.29, 1.82) is 0 Å². The molecule has 0 unspecified atom stereocenters. The molecule has 3 heteroatoms. The van der Waals surface area contributed by atoms with Gasteiger partial charge in [0.05, 0.1) is 6.61 Å². The third kappa shape index (κ3) is 12.4. The molecule has 0 aliphatic heterocycles. The van der Waals surface area contributed by atoms with Crippen LogP contribution in [0.3, 0.4) is 0 Å². The average molecular weight is 321 g/mol. The van der Waals surface area contributed by atoms with Crippen LogP contribution in [0.1, 0.15) is 78.1 Å². The van der Waals surface area contributed by atoms with Crippen molar-refractivity contribution in [3.63, 3.8) is 0 Å². The van der Waals surface area contributed by atoms with Crippen LogP contribution in [-0.2, 0) is 9.53 Å². The average Bonchev–Trinajstić information content (AvgIpc) is 2.35. The number of unbranched alkanes of at least 4 members (excludes halogenated alkanes) is 9. The molecule has 18 heavy (non-hydrogen) atoms. The molecule has 0 saturated heterocycles. The van der Waals surface area contributed by atoms with Crippen molar-refractivity contribution >= 4 is 21.9 Å². The smallest absolute Gasteiger partial charge is 0.319 e. The van der Waals surface area contributed by atoms with E-state index in [1.54, 1.807) is 6.92 Å². The predicted octanol–water partition coefficient (Wildman–Crippen LogP) is 5.23. The van der Waals surface area contributed by atoms with Crippen LogP contribution in [0.25, 0.3) is 0 Å². The van der Waals surface area contributed by atoms with E-state index in [1.165, 1.54) is 57.8 Å². The second kappa shape index (κ2) is 13.4. The normalized spacial score (nSPS) is 12.4. The molecule has 0 amide bonds. The van der Waals surface area contributed by atoms with Crippen molar-refractivity contribution in [3.05, 3.63) is 0 Å². The largest absolute Gasteiger partial charge is 0.465 e. The number of hydrogen-bond acceptors (Lipinski definition) is 2. The number of alkyl halides is 1. The van der Waals surface area contributed by atoms with Gasteiger partial charge in [-0.15, -0.1) is 0 Å². The lowest BCUT2D eigenvalue weighted by atomic mass is 10.1. The van der Waals surface area contributed by atoms with Gasteiger partial charge < -0.3 is 4.74 Å². The highest BCUT2D eigenvalue weighted by Gasteiger charge is 2.08. The molecule has 0 heterocycles. The number of rotatable bonds is 12. The van der Waals surface area contributed by atoms with Crippen LogP contribution in [0.2, 0.25) is 0 Å². The van der Waals surface area contributed by atoms with Crippen molar-refractivity contribution < 1.29 is 9.53 Å². The third-order valence-electron chi connectivity index (χ3n) is 3.07. The highest BCUT2D eigenvalue weighted by molar-refractivity contribution is 9.10. The predicted molar refractivity (Wildman–Crippen MR) is 81.2 cm³/mol. The fraction of sp³-hybridized carbons (Fsp3) is 0.933. The Labute approximate surface area is 121 Å². The standard InChI is InChI=1S/C15H29BrO2/c1-3-4-5-6-7-8-9-10-11-12-13-18-15(17)14(2)16/h14H,3-13H2,1-2H3/t14-/m1/s1. The van der Waals surface area contributed by atoms with E-state index in [0.29, 0.717) is 6.61 Å². The maximum atomic E-state index is 11.1. The van der Waals surface area contributed by atoms with E-state index >= 15 is 0 Å². The minimum absolute atomic E-state index is 0.147. The van der Waals surface area contributed by atoms with Crippen LogP contribution in [0, 0.1) is 0 Å². The van der Waals surface area contributed by atoms with E-state index in [9.17, 15) is 4.79 Å². The molecule has 2 nitrogen and oxygen atoms in total. The summed E-state index contributed by atoms with van der Waals surface area (Å²) >= 11 is 3.19. The first-order valence-corrected chi connectivity index (χ1v) is 8.40. The topological polar surface area (TPSA) is 26.3 Å². The van der Waals surface area contributed by atoms with E-state index in [0.717, 1.165) is 6.42 Å². The summed E-state index contributed by atoms with van der Waals surface area (Å²) in [6, 6.07) is 0. The third-order valence-corrected chi connectivity index (χ3v) is 3.44. The van der Waals surface area contributed by atoms with Crippen molar-refractivity contribution in [1.82, 2.24) is 0 Å². The Hall–Kier alpha value is -0.0500. The van der Waals surface area contributed by atoms with E-state index < -0.39 is 0 Å². The molecular formula is C15H29BrO2. The molecule has 0 fully saturated rings. The van der Waals surface area contributed by atoms with E-state index in [1.807, 2.05) is 0 Å². The SMILES string of the molecule is CCCCCCCCCCCCOC(=O)[C@@H](C)Br. The quantitative estimate of drug-likeness (QED) is 0.279. The Kier molecular flexibility index (Phi) is 13.3. The maximum Gasteiger partial charge on any atom is 0.319 e. The van der Waals surface area contributed by atoms with Gasteiger partial charge in [0.25, 0.3) is 0 Å². The number of hydrogen-bond donors (Lipinski definition) is 0. The summed E-state index contributed by atoms with van der Waals surface area (Å²) in [7, 11) is 0. The summed E-state index contributed by atoms with van der Waals surface area (Å²) in [5.41, 5.74) is 0. The Morgan fingerprint density at radius 2 is 1.39 bits per heavy atom. The maximum absolute atomic E-state index is 11.1. The summed E-state index contributed by atoms with van der Waals surface area (Å²) in [6.45, 7) is 4.62. The van der Waals surface area contributed by atoms with Crippen LogP contribution in [-0.4, -0.2) is 17.4 Å². The van der Waals surface area contributed by atoms with E-state index in [-0.39, 0.29) is 10.8 Å². The Bertz CT molecular complexity index is 193. The molecule has 0 rings (SSSR count). The Morgan fingerprint density at radius 1 is 0.944 bits per heavy atom. The molecule has 0 bridgehead atoms. The zero-order valence-corrected chi connectivity index (χ0v) is 13.6. The van der Waals surface area contributed by atoms with Gasteiger partial charge in [-0.2, -0.15) is 0 Å². The van der Waals surface area contributed by atoms with Crippen LogP contribution in [0.5, 0.6) is 0 Å². The molecule has 108 valence electrons. The zero-order valence-electron chi connectivity index (χ0n) is 12.0. The molecule has 0 aromatic heterocycles. The second-order valence-electron chi connectivity index (χ2n) is 4.97. The minimum atomic E-state index is -0.180. The first-order valence-electron chi connectivity index (χ1n) is 7.49. The summed E-state index contributed by atoms with van der Waals surface area (Å²) < 4.78 is 5.09.